The highest BCUT2D eigenvalue weighted by molar-refractivity contribution is 5.96. The summed E-state index contributed by atoms with van der Waals surface area (Å²) in [6, 6.07) is -0.441. The van der Waals surface area contributed by atoms with Crippen molar-refractivity contribution in [3.05, 3.63) is 33.8 Å². The number of aryl methyl sites for hydroxylation is 1. The molecule has 1 heterocycles. The number of allylic oxidation sites excluding steroid dienone is 2. The molecule has 264 valence electrons. The SMILES string of the molecule is Cc1oc(=O)oc1COC(=O)[C@@]1(C)C2CC[C@]3(C)[C@H](C(=O)C=C4[C@@H]5C[C@@](C)(C(=O)O)CC[C@]5(C)CC[C@]43C)[C@@]2(C)CC[C@@H]1NCC(N)=O. The van der Waals surface area contributed by atoms with Gasteiger partial charge in [-0.2, -0.15) is 0 Å². The first-order valence-electron chi connectivity index (χ1n) is 17.5. The Hall–Kier alpha value is -3.21. The van der Waals surface area contributed by atoms with Crippen molar-refractivity contribution in [3.63, 3.8) is 0 Å². The molecular formula is C37H52N2O9. The number of esters is 1. The molecule has 1 aromatic heterocycles. The van der Waals surface area contributed by atoms with Gasteiger partial charge in [0.1, 0.15) is 0 Å². The summed E-state index contributed by atoms with van der Waals surface area (Å²) in [7, 11) is 0. The van der Waals surface area contributed by atoms with Crippen LogP contribution in [0.5, 0.6) is 0 Å². The maximum absolute atomic E-state index is 14.8. The predicted octanol–water partition coefficient (Wildman–Crippen LogP) is 5.07. The quantitative estimate of drug-likeness (QED) is 0.332. The van der Waals surface area contributed by atoms with Crippen LogP contribution in [0.2, 0.25) is 0 Å². The zero-order valence-corrected chi connectivity index (χ0v) is 29.5. The summed E-state index contributed by atoms with van der Waals surface area (Å²) in [6.07, 6.45) is 8.34. The van der Waals surface area contributed by atoms with Crippen LogP contribution in [-0.2, 0) is 30.5 Å². The second-order valence-corrected chi connectivity index (χ2v) is 17.3. The van der Waals surface area contributed by atoms with E-state index in [-0.39, 0.29) is 59.0 Å². The fraction of sp³-hybridized carbons (Fsp3) is 0.757. The van der Waals surface area contributed by atoms with Gasteiger partial charge in [0, 0.05) is 12.0 Å². The molecule has 0 radical (unpaired) electrons. The molecule has 11 heteroatoms. The second kappa shape index (κ2) is 11.2. The standard InChI is InChI=1S/C37H52N2O9/c1-20-24(48-31(45)47-20)19-46-30(44)37(7)25-8-11-36(6)28(34(25,4)10-9-26(37)39-18-27(38)41)23(40)16-21-22-17-33(3,29(42)43)13-12-32(22,2)14-15-35(21,36)5/h16,22,25-26,28,39H,8-15,17-19H2,1-7H3,(H2,38,41)(H,42,43)/t22-,25?,26-,28+,32+,33-,34-,35+,36+,37-/m0/s1. The normalized spacial score (nSPS) is 43.6. The van der Waals surface area contributed by atoms with Gasteiger partial charge in [-0.15, -0.1) is 0 Å². The van der Waals surface area contributed by atoms with E-state index in [1.165, 1.54) is 0 Å². The topological polar surface area (TPSA) is 179 Å². The van der Waals surface area contributed by atoms with Crippen molar-refractivity contribution >= 4 is 23.6 Å². The Labute approximate surface area is 281 Å². The monoisotopic (exact) mass is 668 g/mol. The minimum atomic E-state index is -1.13. The Bertz CT molecular complexity index is 1640. The minimum absolute atomic E-state index is 0.0127. The van der Waals surface area contributed by atoms with Gasteiger partial charge in [0.2, 0.25) is 5.91 Å². The smallest absolute Gasteiger partial charge is 0.481 e. The number of fused-ring (bicyclic) bond motifs is 7. The summed E-state index contributed by atoms with van der Waals surface area (Å²) >= 11 is 0. The molecule has 0 aliphatic heterocycles. The molecule has 4 N–H and O–H groups in total. The molecule has 4 saturated carbocycles. The highest BCUT2D eigenvalue weighted by Gasteiger charge is 2.72. The maximum Gasteiger partial charge on any atom is 0.519 e. The van der Waals surface area contributed by atoms with Crippen molar-refractivity contribution in [2.75, 3.05) is 6.54 Å². The van der Waals surface area contributed by atoms with Gasteiger partial charge in [-0.25, -0.2) is 4.79 Å². The number of rotatable bonds is 7. The number of nitrogens with two attached hydrogens (primary N) is 1. The van der Waals surface area contributed by atoms with Crippen LogP contribution in [0.3, 0.4) is 0 Å². The number of aliphatic carboxylic acids is 1. The van der Waals surface area contributed by atoms with Gasteiger partial charge in [0.25, 0.3) is 0 Å². The first-order valence-corrected chi connectivity index (χ1v) is 17.5. The Morgan fingerprint density at radius 3 is 2.29 bits per heavy atom. The molecule has 48 heavy (non-hydrogen) atoms. The predicted molar refractivity (Wildman–Crippen MR) is 174 cm³/mol. The second-order valence-electron chi connectivity index (χ2n) is 17.3. The van der Waals surface area contributed by atoms with Gasteiger partial charge in [0.05, 0.1) is 17.4 Å². The van der Waals surface area contributed by atoms with E-state index in [0.29, 0.717) is 38.5 Å². The van der Waals surface area contributed by atoms with Crippen molar-refractivity contribution in [2.45, 2.75) is 119 Å². The summed E-state index contributed by atoms with van der Waals surface area (Å²) in [4.78, 5) is 65.0. The van der Waals surface area contributed by atoms with E-state index >= 15 is 0 Å². The number of primary amides is 1. The van der Waals surface area contributed by atoms with E-state index < -0.39 is 51.4 Å². The van der Waals surface area contributed by atoms with Crippen molar-refractivity contribution < 1.29 is 37.9 Å². The lowest BCUT2D eigenvalue weighted by molar-refractivity contribution is -0.205. The van der Waals surface area contributed by atoms with Crippen LogP contribution in [-0.4, -0.2) is 41.3 Å². The molecular weight excluding hydrogens is 616 g/mol. The summed E-state index contributed by atoms with van der Waals surface area (Å²) in [5, 5.41) is 13.4. The van der Waals surface area contributed by atoms with Gasteiger partial charge in [-0.3, -0.25) is 19.2 Å². The number of ether oxygens (including phenoxy) is 1. The van der Waals surface area contributed by atoms with Gasteiger partial charge in [-0.1, -0.05) is 33.3 Å². The van der Waals surface area contributed by atoms with Crippen molar-refractivity contribution in [3.8, 4) is 0 Å². The zero-order chi connectivity index (χ0) is 35.2. The number of carbonyl (C=O) groups is 4. The Balaban J connectivity index is 1.39. The van der Waals surface area contributed by atoms with Crippen molar-refractivity contribution in [1.82, 2.24) is 5.32 Å². The van der Waals surface area contributed by atoms with E-state index in [1.54, 1.807) is 6.92 Å². The largest absolute Gasteiger partial charge is 0.519 e. The van der Waals surface area contributed by atoms with Gasteiger partial charge >= 0.3 is 17.8 Å². The molecule has 1 aromatic rings. The average molecular weight is 669 g/mol. The Morgan fingerprint density at radius 1 is 0.979 bits per heavy atom. The number of carboxylic acids is 1. The third-order valence-corrected chi connectivity index (χ3v) is 14.9. The van der Waals surface area contributed by atoms with Gasteiger partial charge in [-0.05, 0) is 118 Å². The first-order chi connectivity index (χ1) is 22.2. The Morgan fingerprint density at radius 2 is 1.67 bits per heavy atom. The maximum atomic E-state index is 14.8. The molecule has 6 rings (SSSR count). The third kappa shape index (κ3) is 4.80. The van der Waals surface area contributed by atoms with Crippen LogP contribution in [0.1, 0.15) is 111 Å². The number of ketones is 1. The lowest BCUT2D eigenvalue weighted by Gasteiger charge is -2.70. The molecule has 1 unspecified atom stereocenters. The highest BCUT2D eigenvalue weighted by atomic mass is 16.6. The number of hydrogen-bond donors (Lipinski definition) is 3. The van der Waals surface area contributed by atoms with E-state index in [1.807, 2.05) is 19.9 Å². The zero-order valence-electron chi connectivity index (χ0n) is 29.5. The summed E-state index contributed by atoms with van der Waals surface area (Å²) in [5.41, 5.74) is 3.34. The van der Waals surface area contributed by atoms with Gasteiger partial charge < -0.3 is 29.7 Å². The first kappa shape index (κ1) is 34.6. The molecule has 0 saturated heterocycles. The van der Waals surface area contributed by atoms with E-state index in [0.717, 1.165) is 24.8 Å². The molecule has 5 aliphatic carbocycles. The average Bonchev–Trinajstić information content (AvgIpc) is 3.33. The highest BCUT2D eigenvalue weighted by Crippen LogP contribution is 2.75. The van der Waals surface area contributed by atoms with E-state index in [9.17, 15) is 29.1 Å². The lowest BCUT2D eigenvalue weighted by Crippen LogP contribution is -2.69. The molecule has 0 spiro atoms. The molecule has 11 nitrogen and oxygen atoms in total. The Kier molecular flexibility index (Phi) is 8.05. The molecule has 4 fully saturated rings. The molecule has 0 bridgehead atoms. The van der Waals surface area contributed by atoms with Crippen molar-refractivity contribution in [2.24, 2.45) is 56.0 Å². The molecule has 0 aromatic carbocycles. The van der Waals surface area contributed by atoms with Crippen LogP contribution in [0, 0.1) is 57.2 Å². The number of hydrogen-bond acceptors (Lipinski definition) is 9. The number of carboxylic acid groups (broad SMARTS) is 1. The molecule has 10 atom stereocenters. The molecule has 1 amide bonds. The summed E-state index contributed by atoms with van der Waals surface area (Å²) in [5.74, 6) is -2.87. The lowest BCUT2D eigenvalue weighted by atomic mass is 9.33. The fourth-order valence-corrected chi connectivity index (χ4v) is 11.7. The van der Waals surface area contributed by atoms with Crippen LogP contribution in [0.25, 0.3) is 0 Å². The van der Waals surface area contributed by atoms with Crippen LogP contribution >= 0.6 is 0 Å². The van der Waals surface area contributed by atoms with Gasteiger partial charge in [0.15, 0.2) is 23.9 Å². The van der Waals surface area contributed by atoms with E-state index in [2.05, 4.69) is 33.0 Å². The van der Waals surface area contributed by atoms with Crippen molar-refractivity contribution in [1.29, 1.82) is 0 Å². The number of amides is 1. The number of nitrogens with one attached hydrogen (secondary N) is 1. The summed E-state index contributed by atoms with van der Waals surface area (Å²) in [6.45, 7) is 13.9. The third-order valence-electron chi connectivity index (χ3n) is 14.9. The minimum Gasteiger partial charge on any atom is -0.481 e. The van der Waals surface area contributed by atoms with E-state index in [4.69, 9.17) is 19.3 Å². The molecule has 5 aliphatic rings. The van der Waals surface area contributed by atoms with Crippen LogP contribution < -0.4 is 16.9 Å². The fourth-order valence-electron chi connectivity index (χ4n) is 11.7. The van der Waals surface area contributed by atoms with Crippen LogP contribution in [0.15, 0.2) is 25.3 Å². The summed E-state index contributed by atoms with van der Waals surface area (Å²) < 4.78 is 15.9. The van der Waals surface area contributed by atoms with Crippen LogP contribution in [0.4, 0.5) is 0 Å². The number of carbonyl (C=O) groups excluding carboxylic acids is 3.